The lowest BCUT2D eigenvalue weighted by atomic mass is 10.0. The van der Waals surface area contributed by atoms with Crippen LogP contribution in [-0.2, 0) is 0 Å². The van der Waals surface area contributed by atoms with E-state index in [2.05, 4.69) is 4.98 Å². The summed E-state index contributed by atoms with van der Waals surface area (Å²) >= 11 is 6.28. The van der Waals surface area contributed by atoms with E-state index in [1.54, 1.807) is 12.1 Å². The van der Waals surface area contributed by atoms with Crippen molar-refractivity contribution in [3.8, 4) is 11.3 Å². The third-order valence-corrected chi connectivity index (χ3v) is 3.86. The number of benzene rings is 2. The predicted octanol–water partition coefficient (Wildman–Crippen LogP) is 5.13. The van der Waals surface area contributed by atoms with Crippen molar-refractivity contribution < 1.29 is 4.92 Å². The monoisotopic (exact) mass is 312 g/mol. The Morgan fingerprint density at radius 1 is 1.18 bits per heavy atom. The first-order valence-corrected chi connectivity index (χ1v) is 7.14. The van der Waals surface area contributed by atoms with Crippen LogP contribution in [0.4, 0.5) is 0 Å². The number of aromatic nitrogens is 1. The van der Waals surface area contributed by atoms with Crippen molar-refractivity contribution in [2.24, 2.45) is 0 Å². The molecule has 5 heteroatoms. The number of hydrogen-bond donors (Lipinski definition) is 1. The van der Waals surface area contributed by atoms with Gasteiger partial charge < -0.3 is 4.98 Å². The topological polar surface area (TPSA) is 58.9 Å². The van der Waals surface area contributed by atoms with Gasteiger partial charge in [0.15, 0.2) is 0 Å². The quantitative estimate of drug-likeness (QED) is 0.538. The third kappa shape index (κ3) is 2.49. The van der Waals surface area contributed by atoms with Crippen LogP contribution in [0.15, 0.2) is 54.2 Å². The zero-order valence-electron chi connectivity index (χ0n) is 11.8. The minimum atomic E-state index is -0.391. The van der Waals surface area contributed by atoms with E-state index in [-0.39, 0.29) is 5.70 Å². The average molecular weight is 313 g/mol. The van der Waals surface area contributed by atoms with Gasteiger partial charge in [-0.2, -0.15) is 0 Å². The predicted molar refractivity (Wildman–Crippen MR) is 89.4 cm³/mol. The Kier molecular flexibility index (Phi) is 3.69. The highest BCUT2D eigenvalue weighted by Gasteiger charge is 2.15. The van der Waals surface area contributed by atoms with E-state index >= 15 is 0 Å². The van der Waals surface area contributed by atoms with Gasteiger partial charge in [-0.15, -0.1) is 0 Å². The maximum Gasteiger partial charge on any atom is 0.243 e. The lowest BCUT2D eigenvalue weighted by molar-refractivity contribution is -0.422. The van der Waals surface area contributed by atoms with Gasteiger partial charge in [0, 0.05) is 40.1 Å². The van der Waals surface area contributed by atoms with Crippen LogP contribution in [0.1, 0.15) is 12.5 Å². The smallest absolute Gasteiger partial charge is 0.243 e. The Morgan fingerprint density at radius 2 is 1.86 bits per heavy atom. The molecule has 0 radical (unpaired) electrons. The van der Waals surface area contributed by atoms with Gasteiger partial charge in [0.05, 0.1) is 10.6 Å². The van der Waals surface area contributed by atoms with Crippen LogP contribution in [0.2, 0.25) is 5.02 Å². The number of allylic oxidation sites excluding steroid dienone is 1. The van der Waals surface area contributed by atoms with Crippen LogP contribution < -0.4 is 0 Å². The van der Waals surface area contributed by atoms with Gasteiger partial charge in [-0.1, -0.05) is 48.0 Å². The van der Waals surface area contributed by atoms with E-state index in [0.717, 1.165) is 27.7 Å². The van der Waals surface area contributed by atoms with Crippen LogP contribution in [0.3, 0.4) is 0 Å². The van der Waals surface area contributed by atoms with E-state index < -0.39 is 4.92 Å². The van der Waals surface area contributed by atoms with Crippen molar-refractivity contribution in [2.75, 3.05) is 0 Å². The molecule has 1 aromatic heterocycles. The second-order valence-corrected chi connectivity index (χ2v) is 5.39. The second-order valence-electron chi connectivity index (χ2n) is 4.98. The molecule has 0 aliphatic heterocycles. The molecule has 3 aromatic rings. The number of aromatic amines is 1. The van der Waals surface area contributed by atoms with Gasteiger partial charge >= 0.3 is 0 Å². The SMILES string of the molecule is C/C(=C\c1c(-c2ccccc2Cl)[nH]c2ccccc12)[N+](=O)[O-]. The van der Waals surface area contributed by atoms with Crippen LogP contribution in [0.25, 0.3) is 28.2 Å². The van der Waals surface area contributed by atoms with Crippen molar-refractivity contribution >= 4 is 28.6 Å². The molecule has 3 rings (SSSR count). The van der Waals surface area contributed by atoms with Crippen molar-refractivity contribution in [1.29, 1.82) is 0 Å². The molecule has 0 amide bonds. The molecule has 22 heavy (non-hydrogen) atoms. The first kappa shape index (κ1) is 14.4. The van der Waals surface area contributed by atoms with Crippen molar-refractivity contribution in [3.63, 3.8) is 0 Å². The minimum absolute atomic E-state index is 0.0815. The van der Waals surface area contributed by atoms with Gasteiger partial charge in [-0.05, 0) is 12.1 Å². The molecule has 0 fully saturated rings. The molecule has 0 bridgehead atoms. The summed E-state index contributed by atoms with van der Waals surface area (Å²) in [5.41, 5.74) is 3.38. The summed E-state index contributed by atoms with van der Waals surface area (Å²) in [6, 6.07) is 15.1. The van der Waals surface area contributed by atoms with Gasteiger partial charge in [-0.25, -0.2) is 0 Å². The van der Waals surface area contributed by atoms with Crippen LogP contribution >= 0.6 is 11.6 Å². The summed E-state index contributed by atoms with van der Waals surface area (Å²) in [4.78, 5) is 13.9. The molecule has 0 aliphatic carbocycles. The highest BCUT2D eigenvalue weighted by molar-refractivity contribution is 6.33. The molecule has 2 aromatic carbocycles. The normalized spacial score (nSPS) is 11.8. The first-order valence-electron chi connectivity index (χ1n) is 6.76. The zero-order valence-corrected chi connectivity index (χ0v) is 12.6. The fourth-order valence-electron chi connectivity index (χ4n) is 2.45. The van der Waals surface area contributed by atoms with Crippen molar-refractivity contribution in [1.82, 2.24) is 4.98 Å². The van der Waals surface area contributed by atoms with E-state index in [1.165, 1.54) is 6.92 Å². The number of fused-ring (bicyclic) bond motifs is 1. The number of nitrogens with one attached hydrogen (secondary N) is 1. The molecule has 1 heterocycles. The minimum Gasteiger partial charge on any atom is -0.354 e. The molecule has 4 nitrogen and oxygen atoms in total. The van der Waals surface area contributed by atoms with E-state index in [0.29, 0.717) is 5.02 Å². The third-order valence-electron chi connectivity index (χ3n) is 3.53. The molecule has 110 valence electrons. The molecule has 0 spiro atoms. The number of rotatable bonds is 3. The Balaban J connectivity index is 2.33. The molecule has 1 N–H and O–H groups in total. The zero-order chi connectivity index (χ0) is 15.7. The standard InChI is InChI=1S/C17H13ClN2O2/c1-11(20(21)22)10-14-12-6-3-5-9-16(12)19-17(14)13-7-2-4-8-15(13)18/h2-10,19H,1H3/b11-10+. The molecule has 0 unspecified atom stereocenters. The summed E-state index contributed by atoms with van der Waals surface area (Å²) in [5, 5.41) is 12.5. The summed E-state index contributed by atoms with van der Waals surface area (Å²) in [6.45, 7) is 1.48. The molecule has 0 atom stereocenters. The largest absolute Gasteiger partial charge is 0.354 e. The number of H-pyrrole nitrogens is 1. The van der Waals surface area contributed by atoms with Crippen LogP contribution in [0, 0.1) is 10.1 Å². The maximum atomic E-state index is 11.0. The highest BCUT2D eigenvalue weighted by Crippen LogP contribution is 2.35. The Labute approximate surface area is 132 Å². The molecule has 0 saturated heterocycles. The summed E-state index contributed by atoms with van der Waals surface area (Å²) < 4.78 is 0. The average Bonchev–Trinajstić information content (AvgIpc) is 2.86. The van der Waals surface area contributed by atoms with E-state index in [1.807, 2.05) is 42.5 Å². The van der Waals surface area contributed by atoms with Crippen LogP contribution in [0.5, 0.6) is 0 Å². The number of halogens is 1. The summed E-state index contributed by atoms with van der Waals surface area (Å²) in [5.74, 6) is 0. The molecule has 0 aliphatic rings. The number of nitro groups is 1. The van der Waals surface area contributed by atoms with Crippen LogP contribution in [-0.4, -0.2) is 9.91 Å². The van der Waals surface area contributed by atoms with Crippen molar-refractivity contribution in [2.45, 2.75) is 6.92 Å². The second kappa shape index (κ2) is 5.66. The Hall–Kier alpha value is -2.59. The molecular formula is C17H13ClN2O2. The van der Waals surface area contributed by atoms with Gasteiger partial charge in [-0.3, -0.25) is 10.1 Å². The summed E-state index contributed by atoms with van der Waals surface area (Å²) in [6.07, 6.45) is 1.58. The van der Waals surface area contributed by atoms with Gasteiger partial charge in [0.1, 0.15) is 0 Å². The Morgan fingerprint density at radius 3 is 2.59 bits per heavy atom. The van der Waals surface area contributed by atoms with Gasteiger partial charge in [0.25, 0.3) is 0 Å². The molecule has 0 saturated carbocycles. The number of hydrogen-bond acceptors (Lipinski definition) is 2. The van der Waals surface area contributed by atoms with Gasteiger partial charge in [0.2, 0.25) is 5.70 Å². The van der Waals surface area contributed by atoms with Crippen molar-refractivity contribution in [3.05, 3.63) is 74.9 Å². The highest BCUT2D eigenvalue weighted by atomic mass is 35.5. The lowest BCUT2D eigenvalue weighted by Crippen LogP contribution is -1.93. The summed E-state index contributed by atoms with van der Waals surface area (Å²) in [7, 11) is 0. The Bertz CT molecular complexity index is 897. The van der Waals surface area contributed by atoms with E-state index in [4.69, 9.17) is 11.6 Å². The first-order chi connectivity index (χ1) is 10.6. The fraction of sp³-hybridized carbons (Fsp3) is 0.0588. The molecular weight excluding hydrogens is 300 g/mol. The maximum absolute atomic E-state index is 11.0. The van der Waals surface area contributed by atoms with E-state index in [9.17, 15) is 10.1 Å². The lowest BCUT2D eigenvalue weighted by Gasteiger charge is -2.03. The number of nitrogens with zero attached hydrogens (tertiary/aromatic N) is 1. The fourth-order valence-corrected chi connectivity index (χ4v) is 2.68. The number of para-hydroxylation sites is 1.